The van der Waals surface area contributed by atoms with E-state index in [1.54, 1.807) is 12.0 Å². The number of methoxy groups -OCH3 is 2. The van der Waals surface area contributed by atoms with Crippen LogP contribution in [0.5, 0.6) is 0 Å². The molecular weight excluding hydrogens is 276 g/mol. The molecule has 1 fully saturated rings. The minimum atomic E-state index is -0.492. The van der Waals surface area contributed by atoms with E-state index in [2.05, 4.69) is 4.74 Å². The molecule has 0 aliphatic carbocycles. The molecule has 1 saturated heterocycles. The highest BCUT2D eigenvalue weighted by Crippen LogP contribution is 2.14. The van der Waals surface area contributed by atoms with Gasteiger partial charge in [0.1, 0.15) is 11.8 Å². The van der Waals surface area contributed by atoms with Crippen LogP contribution in [0.25, 0.3) is 0 Å². The van der Waals surface area contributed by atoms with E-state index in [-0.39, 0.29) is 24.7 Å². The van der Waals surface area contributed by atoms with Crippen molar-refractivity contribution in [1.82, 2.24) is 9.80 Å². The van der Waals surface area contributed by atoms with Crippen LogP contribution in [-0.2, 0) is 19.0 Å². The third-order valence-corrected chi connectivity index (χ3v) is 3.21. The van der Waals surface area contributed by atoms with E-state index in [4.69, 9.17) is 9.47 Å². The van der Waals surface area contributed by atoms with Crippen molar-refractivity contribution in [2.75, 3.05) is 40.4 Å². The van der Waals surface area contributed by atoms with Crippen LogP contribution in [0.3, 0.4) is 0 Å². The number of ether oxygens (including phenoxy) is 3. The van der Waals surface area contributed by atoms with E-state index in [0.29, 0.717) is 26.2 Å². The highest BCUT2D eigenvalue weighted by atomic mass is 16.6. The van der Waals surface area contributed by atoms with Crippen molar-refractivity contribution in [2.24, 2.45) is 0 Å². The molecule has 1 amide bonds. The fourth-order valence-corrected chi connectivity index (χ4v) is 2.11. The van der Waals surface area contributed by atoms with E-state index in [1.165, 1.54) is 7.11 Å². The quantitative estimate of drug-likeness (QED) is 0.724. The molecule has 1 aliphatic rings. The fourth-order valence-electron chi connectivity index (χ4n) is 2.11. The van der Waals surface area contributed by atoms with E-state index in [1.807, 2.05) is 25.7 Å². The molecule has 1 heterocycles. The van der Waals surface area contributed by atoms with E-state index in [9.17, 15) is 9.59 Å². The second kappa shape index (κ2) is 7.61. The predicted octanol–water partition coefficient (Wildman–Crippen LogP) is 1.07. The first-order valence-corrected chi connectivity index (χ1v) is 7.08. The molecule has 0 aromatic carbocycles. The average Bonchev–Trinajstić information content (AvgIpc) is 2.42. The zero-order valence-electron chi connectivity index (χ0n) is 13.5. The van der Waals surface area contributed by atoms with Crippen LogP contribution in [-0.4, -0.2) is 74.1 Å². The Morgan fingerprint density at radius 1 is 1.10 bits per heavy atom. The molecule has 21 heavy (non-hydrogen) atoms. The first-order chi connectivity index (χ1) is 9.76. The van der Waals surface area contributed by atoms with Gasteiger partial charge in [-0.15, -0.1) is 0 Å². The molecule has 7 heteroatoms. The maximum atomic E-state index is 12.0. The van der Waals surface area contributed by atoms with Crippen molar-refractivity contribution in [2.45, 2.75) is 39.0 Å². The second-order valence-corrected chi connectivity index (χ2v) is 5.97. The SMILES string of the molecule is COC(=O)CC(OC)N1CCN(C(=O)OC(C)(C)C)CC1. The number of carbonyl (C=O) groups excluding carboxylic acids is 2. The highest BCUT2D eigenvalue weighted by molar-refractivity contribution is 5.69. The monoisotopic (exact) mass is 302 g/mol. The molecule has 7 nitrogen and oxygen atoms in total. The van der Waals surface area contributed by atoms with Gasteiger partial charge in [-0.2, -0.15) is 0 Å². The minimum absolute atomic E-state index is 0.180. The number of amides is 1. The molecule has 0 N–H and O–H groups in total. The van der Waals surface area contributed by atoms with Crippen LogP contribution >= 0.6 is 0 Å². The number of nitrogens with zero attached hydrogens (tertiary/aromatic N) is 2. The van der Waals surface area contributed by atoms with Crippen LogP contribution in [0.4, 0.5) is 4.79 Å². The molecule has 0 aromatic rings. The Balaban J connectivity index is 2.47. The lowest BCUT2D eigenvalue weighted by Crippen LogP contribution is -2.53. The lowest BCUT2D eigenvalue weighted by atomic mass is 10.2. The van der Waals surface area contributed by atoms with Gasteiger partial charge in [0.05, 0.1) is 13.5 Å². The molecule has 0 radical (unpaired) electrons. The largest absolute Gasteiger partial charge is 0.469 e. The number of rotatable bonds is 4. The fraction of sp³-hybridized carbons (Fsp3) is 0.857. The van der Waals surface area contributed by atoms with Crippen molar-refractivity contribution in [3.8, 4) is 0 Å². The Kier molecular flexibility index (Phi) is 6.42. The third kappa shape index (κ3) is 5.89. The van der Waals surface area contributed by atoms with Gasteiger partial charge in [-0.25, -0.2) is 4.79 Å². The molecule has 0 spiro atoms. The molecule has 1 atom stereocenters. The Morgan fingerprint density at radius 2 is 1.67 bits per heavy atom. The summed E-state index contributed by atoms with van der Waals surface area (Å²) in [5.41, 5.74) is -0.492. The molecule has 122 valence electrons. The summed E-state index contributed by atoms with van der Waals surface area (Å²) >= 11 is 0. The van der Waals surface area contributed by atoms with Crippen LogP contribution in [0.1, 0.15) is 27.2 Å². The van der Waals surface area contributed by atoms with Crippen molar-refractivity contribution in [1.29, 1.82) is 0 Å². The summed E-state index contributed by atoms with van der Waals surface area (Å²) in [6.07, 6.45) is -0.443. The molecule has 1 unspecified atom stereocenters. The Bertz CT molecular complexity index is 359. The van der Waals surface area contributed by atoms with E-state index < -0.39 is 5.60 Å². The first-order valence-electron chi connectivity index (χ1n) is 7.08. The van der Waals surface area contributed by atoms with Gasteiger partial charge >= 0.3 is 12.1 Å². The maximum absolute atomic E-state index is 12.0. The molecular formula is C14H26N2O5. The third-order valence-electron chi connectivity index (χ3n) is 3.21. The summed E-state index contributed by atoms with van der Waals surface area (Å²) in [6, 6.07) is 0. The van der Waals surface area contributed by atoms with Gasteiger partial charge in [-0.3, -0.25) is 9.69 Å². The summed E-state index contributed by atoms with van der Waals surface area (Å²) in [4.78, 5) is 27.0. The van der Waals surface area contributed by atoms with Crippen molar-refractivity contribution in [3.05, 3.63) is 0 Å². The van der Waals surface area contributed by atoms with Crippen LogP contribution < -0.4 is 0 Å². The Morgan fingerprint density at radius 3 is 2.10 bits per heavy atom. The number of hydrogen-bond acceptors (Lipinski definition) is 6. The minimum Gasteiger partial charge on any atom is -0.469 e. The summed E-state index contributed by atoms with van der Waals surface area (Å²) in [7, 11) is 2.92. The summed E-state index contributed by atoms with van der Waals surface area (Å²) in [6.45, 7) is 7.91. The molecule has 1 rings (SSSR count). The lowest BCUT2D eigenvalue weighted by molar-refractivity contribution is -0.148. The number of hydrogen-bond donors (Lipinski definition) is 0. The van der Waals surface area contributed by atoms with Gasteiger partial charge in [-0.1, -0.05) is 0 Å². The van der Waals surface area contributed by atoms with E-state index >= 15 is 0 Å². The zero-order chi connectivity index (χ0) is 16.0. The zero-order valence-corrected chi connectivity index (χ0v) is 13.5. The first kappa shape index (κ1) is 17.7. The van der Waals surface area contributed by atoms with Gasteiger partial charge in [0.15, 0.2) is 0 Å². The molecule has 0 saturated carbocycles. The van der Waals surface area contributed by atoms with Gasteiger partial charge in [-0.05, 0) is 20.8 Å². The second-order valence-electron chi connectivity index (χ2n) is 5.97. The highest BCUT2D eigenvalue weighted by Gasteiger charge is 2.29. The van der Waals surface area contributed by atoms with Gasteiger partial charge in [0, 0.05) is 33.3 Å². The smallest absolute Gasteiger partial charge is 0.410 e. The lowest BCUT2D eigenvalue weighted by Gasteiger charge is -2.38. The van der Waals surface area contributed by atoms with Crippen molar-refractivity contribution in [3.63, 3.8) is 0 Å². The van der Waals surface area contributed by atoms with Crippen molar-refractivity contribution >= 4 is 12.1 Å². The predicted molar refractivity (Wildman–Crippen MR) is 76.8 cm³/mol. The van der Waals surface area contributed by atoms with E-state index in [0.717, 1.165) is 0 Å². The number of esters is 1. The summed E-state index contributed by atoms with van der Waals surface area (Å²) in [5.74, 6) is -0.309. The topological polar surface area (TPSA) is 68.3 Å². The Hall–Kier alpha value is -1.34. The summed E-state index contributed by atoms with van der Waals surface area (Å²) < 4.78 is 15.3. The standard InChI is InChI=1S/C14H26N2O5/c1-14(2,3)21-13(18)16-8-6-15(7-9-16)11(19-4)10-12(17)20-5/h11H,6-10H2,1-5H3. The van der Waals surface area contributed by atoms with Crippen LogP contribution in [0.15, 0.2) is 0 Å². The van der Waals surface area contributed by atoms with Crippen LogP contribution in [0.2, 0.25) is 0 Å². The number of piperazine rings is 1. The normalized spacial score (nSPS) is 18.2. The van der Waals surface area contributed by atoms with Crippen LogP contribution in [0, 0.1) is 0 Å². The van der Waals surface area contributed by atoms with Crippen molar-refractivity contribution < 1.29 is 23.8 Å². The number of carbonyl (C=O) groups is 2. The van der Waals surface area contributed by atoms with Gasteiger partial charge in [0.25, 0.3) is 0 Å². The maximum Gasteiger partial charge on any atom is 0.410 e. The Labute approximate surface area is 126 Å². The van der Waals surface area contributed by atoms with Gasteiger partial charge in [0.2, 0.25) is 0 Å². The summed E-state index contributed by atoms with van der Waals surface area (Å²) in [5, 5.41) is 0. The molecule has 1 aliphatic heterocycles. The average molecular weight is 302 g/mol. The van der Waals surface area contributed by atoms with Gasteiger partial charge < -0.3 is 19.1 Å². The molecule has 0 bridgehead atoms. The molecule has 0 aromatic heterocycles.